The summed E-state index contributed by atoms with van der Waals surface area (Å²) in [7, 11) is -4.19. The van der Waals surface area contributed by atoms with Gasteiger partial charge in [-0.25, -0.2) is 20.1 Å². The minimum Gasteiger partial charge on any atom is -0.388 e. The maximum Gasteiger partial charge on any atom is 0.333 e. The Morgan fingerprint density at radius 1 is 1.42 bits per heavy atom. The standard InChI is InChI=1S/C22H24ClN5O6S2/c1-12-17(8-13-3-2-4-15(23)7-13)27-21(35-12)18(29)16-9-25-11-26-20(16)28-22(31)6-5-14(19(22)30)10-34-36(24,32)33/h2-4,7,9,11,14,19,30-31H,5-6,8,10H2,1H3,(H2,24,32,33)(H,25,26,28)/t14-,19-,22+/m1/s1. The van der Waals surface area contributed by atoms with Gasteiger partial charge in [0, 0.05) is 28.4 Å². The zero-order valence-corrected chi connectivity index (χ0v) is 21.5. The molecule has 0 aliphatic heterocycles. The van der Waals surface area contributed by atoms with E-state index in [1.54, 1.807) is 6.07 Å². The number of rotatable bonds is 9. The molecule has 1 saturated carbocycles. The Balaban J connectivity index is 1.53. The number of aliphatic hydroxyl groups excluding tert-OH is 1. The first kappa shape index (κ1) is 26.5. The molecule has 11 nitrogen and oxygen atoms in total. The van der Waals surface area contributed by atoms with Crippen LogP contribution in [0.3, 0.4) is 0 Å². The van der Waals surface area contributed by atoms with Gasteiger partial charge in [-0.1, -0.05) is 23.7 Å². The van der Waals surface area contributed by atoms with Crippen LogP contribution in [0.4, 0.5) is 5.82 Å². The fourth-order valence-electron chi connectivity index (χ4n) is 4.04. The maximum atomic E-state index is 13.3. The molecule has 0 spiro atoms. The van der Waals surface area contributed by atoms with Crippen molar-refractivity contribution in [3.63, 3.8) is 0 Å². The van der Waals surface area contributed by atoms with Crippen LogP contribution in [0.25, 0.3) is 0 Å². The van der Waals surface area contributed by atoms with Gasteiger partial charge in [-0.3, -0.25) is 8.98 Å². The van der Waals surface area contributed by atoms with Gasteiger partial charge in [-0.05, 0) is 37.5 Å². The monoisotopic (exact) mass is 553 g/mol. The van der Waals surface area contributed by atoms with Gasteiger partial charge in [0.2, 0.25) is 5.78 Å². The SMILES string of the molecule is Cc1sc(C(=O)c2cncnc2N[C@]2(O)CC[C@H](COS(N)(=O)=O)[C@H]2O)nc1Cc1cccc(Cl)c1. The van der Waals surface area contributed by atoms with E-state index in [0.29, 0.717) is 11.4 Å². The number of nitrogens with two attached hydrogens (primary N) is 1. The van der Waals surface area contributed by atoms with Gasteiger partial charge in [0.05, 0.1) is 17.9 Å². The summed E-state index contributed by atoms with van der Waals surface area (Å²) in [6.07, 6.45) is 1.88. The number of halogens is 1. The summed E-state index contributed by atoms with van der Waals surface area (Å²) in [6.45, 7) is 1.48. The van der Waals surface area contributed by atoms with Gasteiger partial charge in [0.1, 0.15) is 18.2 Å². The minimum atomic E-state index is -4.19. The summed E-state index contributed by atoms with van der Waals surface area (Å²) in [6, 6.07) is 7.39. The molecule has 192 valence electrons. The van der Waals surface area contributed by atoms with Gasteiger partial charge in [-0.15, -0.1) is 11.3 Å². The second-order valence-corrected chi connectivity index (χ2v) is 11.4. The number of benzene rings is 1. The number of hydrogen-bond acceptors (Lipinski definition) is 11. The van der Waals surface area contributed by atoms with Crippen LogP contribution in [0, 0.1) is 12.8 Å². The lowest BCUT2D eigenvalue weighted by atomic mass is 10.0. The highest BCUT2D eigenvalue weighted by atomic mass is 35.5. The molecule has 2 aromatic heterocycles. The molecule has 36 heavy (non-hydrogen) atoms. The second-order valence-electron chi connectivity index (χ2n) is 8.51. The molecular weight excluding hydrogens is 530 g/mol. The van der Waals surface area contributed by atoms with Crippen molar-refractivity contribution in [3.05, 3.63) is 68.5 Å². The van der Waals surface area contributed by atoms with Crippen LogP contribution >= 0.6 is 22.9 Å². The highest BCUT2D eigenvalue weighted by Crippen LogP contribution is 2.36. The number of aromatic nitrogens is 3. The van der Waals surface area contributed by atoms with Crippen molar-refractivity contribution in [2.45, 2.75) is 38.0 Å². The van der Waals surface area contributed by atoms with Crippen molar-refractivity contribution in [1.29, 1.82) is 0 Å². The van der Waals surface area contributed by atoms with Gasteiger partial charge in [0.25, 0.3) is 0 Å². The summed E-state index contributed by atoms with van der Waals surface area (Å²) in [4.78, 5) is 26.7. The number of nitrogens with one attached hydrogen (secondary N) is 1. The van der Waals surface area contributed by atoms with Crippen molar-refractivity contribution in [2.75, 3.05) is 11.9 Å². The fraction of sp³-hybridized carbons (Fsp3) is 0.364. The van der Waals surface area contributed by atoms with E-state index in [-0.39, 0.29) is 29.2 Å². The number of carbonyl (C=O) groups excluding carboxylic acids is 1. The smallest absolute Gasteiger partial charge is 0.333 e. The third kappa shape index (κ3) is 6.06. The number of thiazole rings is 1. The molecule has 0 unspecified atom stereocenters. The lowest BCUT2D eigenvalue weighted by Crippen LogP contribution is -2.48. The Morgan fingerprint density at radius 3 is 2.92 bits per heavy atom. The lowest BCUT2D eigenvalue weighted by Gasteiger charge is -2.30. The molecule has 5 N–H and O–H groups in total. The summed E-state index contributed by atoms with van der Waals surface area (Å²) >= 11 is 7.30. The molecule has 0 saturated heterocycles. The average molecular weight is 554 g/mol. The van der Waals surface area contributed by atoms with Crippen molar-refractivity contribution in [3.8, 4) is 0 Å². The van der Waals surface area contributed by atoms with Crippen LogP contribution in [-0.2, 0) is 20.9 Å². The molecule has 3 aromatic rings. The number of aryl methyl sites for hydroxylation is 1. The Labute approximate surface area is 216 Å². The van der Waals surface area contributed by atoms with E-state index in [4.69, 9.17) is 16.7 Å². The van der Waals surface area contributed by atoms with Crippen molar-refractivity contribution in [1.82, 2.24) is 15.0 Å². The largest absolute Gasteiger partial charge is 0.388 e. The first-order valence-electron chi connectivity index (χ1n) is 10.9. The Hall–Kier alpha value is -2.52. The first-order valence-corrected chi connectivity index (χ1v) is 13.5. The molecule has 3 atom stereocenters. The van der Waals surface area contributed by atoms with Gasteiger partial charge in [-0.2, -0.15) is 8.42 Å². The molecule has 14 heteroatoms. The number of nitrogens with zero attached hydrogens (tertiary/aromatic N) is 3. The Morgan fingerprint density at radius 2 is 2.19 bits per heavy atom. The average Bonchev–Trinajstić information content (AvgIpc) is 3.31. The van der Waals surface area contributed by atoms with Crippen LogP contribution in [0.15, 0.2) is 36.8 Å². The predicted octanol–water partition coefficient (Wildman–Crippen LogP) is 1.81. The molecular formula is C22H24ClN5O6S2. The van der Waals surface area contributed by atoms with Gasteiger partial charge >= 0.3 is 10.3 Å². The van der Waals surface area contributed by atoms with Crippen LogP contribution in [-0.4, -0.2) is 57.8 Å². The van der Waals surface area contributed by atoms with Crippen LogP contribution < -0.4 is 10.5 Å². The number of aliphatic hydroxyl groups is 2. The third-order valence-corrected chi connectivity index (χ3v) is 7.63. The number of ketones is 1. The molecule has 0 bridgehead atoms. The van der Waals surface area contributed by atoms with Gasteiger partial charge < -0.3 is 15.5 Å². The molecule has 0 radical (unpaired) electrons. The van der Waals surface area contributed by atoms with E-state index >= 15 is 0 Å². The normalized spacial score (nSPS) is 22.0. The summed E-state index contributed by atoms with van der Waals surface area (Å²) in [5, 5.41) is 30.1. The van der Waals surface area contributed by atoms with Crippen LogP contribution in [0.2, 0.25) is 5.02 Å². The molecule has 4 rings (SSSR count). The summed E-state index contributed by atoms with van der Waals surface area (Å²) < 4.78 is 26.7. The highest BCUT2D eigenvalue weighted by molar-refractivity contribution is 7.84. The number of hydrogen-bond donors (Lipinski definition) is 4. The third-order valence-electron chi connectivity index (χ3n) is 5.92. The topological polar surface area (TPSA) is 178 Å². The zero-order chi connectivity index (χ0) is 26.1. The Bertz CT molecular complexity index is 1380. The fourth-order valence-corrected chi connectivity index (χ4v) is 5.50. The molecule has 1 aliphatic carbocycles. The first-order chi connectivity index (χ1) is 16.9. The predicted molar refractivity (Wildman–Crippen MR) is 133 cm³/mol. The van der Waals surface area contributed by atoms with Crippen molar-refractivity contribution < 1.29 is 27.6 Å². The zero-order valence-electron chi connectivity index (χ0n) is 19.1. The highest BCUT2D eigenvalue weighted by Gasteiger charge is 2.47. The molecule has 2 heterocycles. The van der Waals surface area contributed by atoms with Gasteiger partial charge in [0.15, 0.2) is 10.7 Å². The number of carbonyl (C=O) groups is 1. The van der Waals surface area contributed by atoms with Crippen LogP contribution in [0.1, 0.15) is 44.3 Å². The minimum absolute atomic E-state index is 0.00816. The second kappa shape index (κ2) is 10.5. The van der Waals surface area contributed by atoms with Crippen molar-refractivity contribution in [2.24, 2.45) is 11.1 Å². The molecule has 0 amide bonds. The Kier molecular flexibility index (Phi) is 7.71. The quantitative estimate of drug-likeness (QED) is 0.225. The summed E-state index contributed by atoms with van der Waals surface area (Å²) in [5.41, 5.74) is -0.129. The van der Waals surface area contributed by atoms with E-state index in [0.717, 1.165) is 16.1 Å². The van der Waals surface area contributed by atoms with Crippen LogP contribution in [0.5, 0.6) is 0 Å². The van der Waals surface area contributed by atoms with Crippen molar-refractivity contribution >= 4 is 44.8 Å². The molecule has 1 aromatic carbocycles. The number of anilines is 1. The maximum absolute atomic E-state index is 13.3. The van der Waals surface area contributed by atoms with E-state index in [1.807, 2.05) is 25.1 Å². The molecule has 1 aliphatic rings. The summed E-state index contributed by atoms with van der Waals surface area (Å²) in [5.74, 6) is -1.15. The lowest BCUT2D eigenvalue weighted by molar-refractivity contribution is -0.0527. The van der Waals surface area contributed by atoms with E-state index in [1.165, 1.54) is 23.9 Å². The van der Waals surface area contributed by atoms with E-state index < -0.39 is 40.4 Å². The van der Waals surface area contributed by atoms with E-state index in [2.05, 4.69) is 24.5 Å². The van der Waals surface area contributed by atoms with E-state index in [9.17, 15) is 23.4 Å². The molecule has 1 fully saturated rings.